The van der Waals surface area contributed by atoms with Crippen molar-refractivity contribution in [1.82, 2.24) is 5.32 Å². The number of hydrogen-bond donors (Lipinski definition) is 2. The van der Waals surface area contributed by atoms with E-state index >= 15 is 0 Å². The Hall–Kier alpha value is -1.63. The van der Waals surface area contributed by atoms with Crippen LogP contribution < -0.4 is 5.32 Å². The van der Waals surface area contributed by atoms with Gasteiger partial charge in [0, 0.05) is 7.11 Å². The molecule has 1 aromatic rings. The van der Waals surface area contributed by atoms with Gasteiger partial charge in [-0.15, -0.1) is 0 Å². The number of alkyl carbamates (subject to hydrolysis) is 1. The van der Waals surface area contributed by atoms with Crippen molar-refractivity contribution >= 4 is 6.09 Å². The number of carbonyl (C=O) groups is 1. The van der Waals surface area contributed by atoms with Crippen LogP contribution >= 0.6 is 0 Å². The minimum absolute atomic E-state index is 0.0477. The molecule has 1 aromatic carbocycles. The largest absolute Gasteiger partial charge is 0.444 e. The number of aliphatic hydroxyl groups excluding tert-OH is 1. The van der Waals surface area contributed by atoms with Gasteiger partial charge in [-0.25, -0.2) is 4.79 Å². The molecular weight excluding hydrogens is 286 g/mol. The van der Waals surface area contributed by atoms with E-state index in [2.05, 4.69) is 5.32 Å². The first-order valence-electron chi connectivity index (χ1n) is 7.13. The van der Waals surface area contributed by atoms with Gasteiger partial charge in [0.1, 0.15) is 18.5 Å². The van der Waals surface area contributed by atoms with E-state index in [4.69, 9.17) is 14.2 Å². The van der Waals surface area contributed by atoms with Crippen molar-refractivity contribution in [3.05, 3.63) is 35.9 Å². The Morgan fingerprint density at radius 1 is 1.27 bits per heavy atom. The maximum absolute atomic E-state index is 11.9. The molecule has 0 saturated carbocycles. The fourth-order valence-electron chi connectivity index (χ4n) is 1.90. The molecule has 0 aliphatic carbocycles. The number of rotatable bonds is 7. The van der Waals surface area contributed by atoms with Gasteiger partial charge in [0.2, 0.25) is 0 Å². The Balaban J connectivity index is 2.83. The lowest BCUT2D eigenvalue weighted by Crippen LogP contribution is -2.45. The summed E-state index contributed by atoms with van der Waals surface area (Å²) in [6.45, 7) is 5.08. The first kappa shape index (κ1) is 18.4. The lowest BCUT2D eigenvalue weighted by Gasteiger charge is -2.28. The van der Waals surface area contributed by atoms with Gasteiger partial charge in [0.05, 0.1) is 12.6 Å². The fourth-order valence-corrected chi connectivity index (χ4v) is 1.90. The Bertz CT molecular complexity index is 444. The normalized spacial score (nSPS) is 14.2. The predicted molar refractivity (Wildman–Crippen MR) is 82.4 cm³/mol. The monoisotopic (exact) mass is 311 g/mol. The van der Waals surface area contributed by atoms with Gasteiger partial charge in [-0.05, 0) is 26.3 Å². The summed E-state index contributed by atoms with van der Waals surface area (Å²) in [5, 5.41) is 12.3. The highest BCUT2D eigenvalue weighted by Gasteiger charge is 2.27. The summed E-state index contributed by atoms with van der Waals surface area (Å²) in [7, 11) is 1.51. The number of hydrogen-bond acceptors (Lipinski definition) is 5. The summed E-state index contributed by atoms with van der Waals surface area (Å²) in [4.78, 5) is 11.9. The molecule has 0 radical (unpaired) electrons. The van der Waals surface area contributed by atoms with Crippen LogP contribution in [0.25, 0.3) is 0 Å². The minimum Gasteiger partial charge on any atom is -0.444 e. The van der Waals surface area contributed by atoms with E-state index in [1.165, 1.54) is 7.11 Å². The van der Waals surface area contributed by atoms with Gasteiger partial charge in [-0.1, -0.05) is 30.3 Å². The van der Waals surface area contributed by atoms with Crippen molar-refractivity contribution in [2.45, 2.75) is 38.5 Å². The van der Waals surface area contributed by atoms with E-state index in [-0.39, 0.29) is 13.4 Å². The van der Waals surface area contributed by atoms with E-state index in [9.17, 15) is 9.90 Å². The molecule has 2 atom stereocenters. The third-order valence-electron chi connectivity index (χ3n) is 2.76. The predicted octanol–water partition coefficient (Wildman–Crippen LogP) is 2.23. The summed E-state index contributed by atoms with van der Waals surface area (Å²) >= 11 is 0. The molecule has 6 nitrogen and oxygen atoms in total. The molecule has 0 bridgehead atoms. The van der Waals surface area contributed by atoms with E-state index < -0.39 is 23.8 Å². The Morgan fingerprint density at radius 2 is 1.91 bits per heavy atom. The average Bonchev–Trinajstić information content (AvgIpc) is 2.45. The van der Waals surface area contributed by atoms with Gasteiger partial charge in [-0.3, -0.25) is 0 Å². The standard InChI is InChI=1S/C16H25NO5/c1-16(2,3)22-15(19)17-13(10-18)14(21-11-20-4)12-8-6-5-7-9-12/h5-9,13-14,18H,10-11H2,1-4H3,(H,17,19)/t13-,14?/m0/s1. The molecule has 0 aliphatic rings. The minimum atomic E-state index is -0.646. The van der Waals surface area contributed by atoms with Gasteiger partial charge in [-0.2, -0.15) is 0 Å². The Labute approximate surface area is 131 Å². The molecule has 1 rings (SSSR count). The first-order valence-corrected chi connectivity index (χ1v) is 7.13. The van der Waals surface area contributed by atoms with E-state index in [1.54, 1.807) is 20.8 Å². The highest BCUT2D eigenvalue weighted by molar-refractivity contribution is 5.68. The molecule has 6 heteroatoms. The molecule has 0 aromatic heterocycles. The Kier molecular flexibility index (Phi) is 7.31. The van der Waals surface area contributed by atoms with Crippen LogP contribution in [-0.4, -0.2) is 43.4 Å². The number of aliphatic hydroxyl groups is 1. The van der Waals surface area contributed by atoms with Crippen LogP contribution in [0.15, 0.2) is 30.3 Å². The second-order valence-corrected chi connectivity index (χ2v) is 5.84. The van der Waals surface area contributed by atoms with Crippen molar-refractivity contribution in [3.63, 3.8) is 0 Å². The zero-order valence-electron chi connectivity index (χ0n) is 13.5. The smallest absolute Gasteiger partial charge is 0.408 e. The van der Waals surface area contributed by atoms with Gasteiger partial charge in [0.15, 0.2) is 0 Å². The highest BCUT2D eigenvalue weighted by atomic mass is 16.7. The van der Waals surface area contributed by atoms with Crippen LogP contribution in [0.3, 0.4) is 0 Å². The summed E-state index contributed by atoms with van der Waals surface area (Å²) < 4.78 is 15.7. The number of ether oxygens (including phenoxy) is 3. The molecule has 124 valence electrons. The van der Waals surface area contributed by atoms with Crippen molar-refractivity contribution < 1.29 is 24.1 Å². The third-order valence-corrected chi connectivity index (χ3v) is 2.76. The summed E-state index contributed by atoms with van der Waals surface area (Å²) in [6, 6.07) is 8.68. The lowest BCUT2D eigenvalue weighted by atomic mass is 10.0. The molecule has 22 heavy (non-hydrogen) atoms. The van der Waals surface area contributed by atoms with Crippen molar-refractivity contribution in [2.24, 2.45) is 0 Å². The molecular formula is C16H25NO5. The number of nitrogens with one attached hydrogen (secondary N) is 1. The maximum Gasteiger partial charge on any atom is 0.408 e. The number of carbonyl (C=O) groups excluding carboxylic acids is 1. The van der Waals surface area contributed by atoms with Crippen molar-refractivity contribution in [3.8, 4) is 0 Å². The van der Waals surface area contributed by atoms with Crippen molar-refractivity contribution in [2.75, 3.05) is 20.5 Å². The summed E-state index contributed by atoms with van der Waals surface area (Å²) in [5.74, 6) is 0. The van der Waals surface area contributed by atoms with Crippen molar-refractivity contribution in [1.29, 1.82) is 0 Å². The SMILES string of the molecule is COCOC(c1ccccc1)[C@H](CO)NC(=O)OC(C)(C)C. The van der Waals surface area contributed by atoms with Gasteiger partial charge >= 0.3 is 6.09 Å². The van der Waals surface area contributed by atoms with Gasteiger partial charge in [0.25, 0.3) is 0 Å². The summed E-state index contributed by atoms with van der Waals surface area (Å²) in [6.07, 6.45) is -1.15. The zero-order valence-corrected chi connectivity index (χ0v) is 13.5. The zero-order chi connectivity index (χ0) is 16.6. The second kappa shape index (κ2) is 8.73. The highest BCUT2D eigenvalue weighted by Crippen LogP contribution is 2.21. The molecule has 0 spiro atoms. The quantitative estimate of drug-likeness (QED) is 0.755. The molecule has 0 saturated heterocycles. The first-order chi connectivity index (χ1) is 10.4. The molecule has 0 fully saturated rings. The third kappa shape index (κ3) is 6.43. The van der Waals surface area contributed by atoms with Crippen LogP contribution in [0.4, 0.5) is 4.79 Å². The molecule has 0 heterocycles. The van der Waals surface area contributed by atoms with Crippen LogP contribution in [0.2, 0.25) is 0 Å². The lowest BCUT2D eigenvalue weighted by molar-refractivity contribution is -0.0906. The number of amides is 1. The van der Waals surface area contributed by atoms with E-state index in [0.29, 0.717) is 0 Å². The topological polar surface area (TPSA) is 77.0 Å². The molecule has 1 amide bonds. The van der Waals surface area contributed by atoms with Crippen LogP contribution in [0.5, 0.6) is 0 Å². The maximum atomic E-state index is 11.9. The van der Waals surface area contributed by atoms with E-state index in [1.807, 2.05) is 30.3 Å². The van der Waals surface area contributed by atoms with Crippen LogP contribution in [0.1, 0.15) is 32.4 Å². The molecule has 2 N–H and O–H groups in total. The fraction of sp³-hybridized carbons (Fsp3) is 0.562. The second-order valence-electron chi connectivity index (χ2n) is 5.84. The van der Waals surface area contributed by atoms with Crippen LogP contribution in [-0.2, 0) is 14.2 Å². The molecule has 1 unspecified atom stereocenters. The Morgan fingerprint density at radius 3 is 2.41 bits per heavy atom. The van der Waals surface area contributed by atoms with Gasteiger partial charge < -0.3 is 24.6 Å². The average molecular weight is 311 g/mol. The van der Waals surface area contributed by atoms with E-state index in [0.717, 1.165) is 5.56 Å². The molecule has 0 aliphatic heterocycles. The number of methoxy groups -OCH3 is 1. The van der Waals surface area contributed by atoms with Crippen LogP contribution in [0, 0.1) is 0 Å². The summed E-state index contributed by atoms with van der Waals surface area (Å²) in [5.41, 5.74) is 0.217. The number of benzene rings is 1.